The highest BCUT2D eigenvalue weighted by Gasteiger charge is 2.13. The molecule has 1 aliphatic rings. The fourth-order valence-corrected chi connectivity index (χ4v) is 1.94. The van der Waals surface area contributed by atoms with Gasteiger partial charge in [0.25, 0.3) is 0 Å². The first-order chi connectivity index (χ1) is 9.20. The number of carbonyl (C=O) groups excluding carboxylic acids is 1. The summed E-state index contributed by atoms with van der Waals surface area (Å²) in [5, 5.41) is 3.12. The summed E-state index contributed by atoms with van der Waals surface area (Å²) < 4.78 is 15.6. The average molecular weight is 265 g/mol. The van der Waals surface area contributed by atoms with E-state index in [0.29, 0.717) is 19.8 Å². The van der Waals surface area contributed by atoms with E-state index in [2.05, 4.69) is 10.1 Å². The lowest BCUT2D eigenvalue weighted by Gasteiger charge is -2.19. The van der Waals surface area contributed by atoms with Gasteiger partial charge in [0.1, 0.15) is 19.3 Å². The lowest BCUT2D eigenvalue weighted by atomic mass is 10.1. The van der Waals surface area contributed by atoms with Crippen molar-refractivity contribution in [3.8, 4) is 11.5 Å². The second kappa shape index (κ2) is 6.43. The number of benzene rings is 1. The molecule has 1 aromatic rings. The minimum absolute atomic E-state index is 0.248. The first kappa shape index (κ1) is 13.7. The maximum absolute atomic E-state index is 11.2. The van der Waals surface area contributed by atoms with E-state index in [0.717, 1.165) is 23.5 Å². The van der Waals surface area contributed by atoms with Crippen molar-refractivity contribution in [2.75, 3.05) is 26.9 Å². The number of ether oxygens (including phenoxy) is 3. The van der Waals surface area contributed by atoms with Crippen molar-refractivity contribution < 1.29 is 19.0 Å². The van der Waals surface area contributed by atoms with Gasteiger partial charge in [-0.25, -0.2) is 0 Å². The molecule has 1 unspecified atom stereocenters. The molecule has 1 heterocycles. The van der Waals surface area contributed by atoms with Crippen LogP contribution >= 0.6 is 0 Å². The Hall–Kier alpha value is -1.75. The van der Waals surface area contributed by atoms with Gasteiger partial charge in [0, 0.05) is 0 Å². The Kier molecular flexibility index (Phi) is 4.63. The first-order valence-corrected chi connectivity index (χ1v) is 6.40. The zero-order chi connectivity index (χ0) is 13.7. The zero-order valence-electron chi connectivity index (χ0n) is 11.3. The molecule has 0 saturated heterocycles. The Morgan fingerprint density at radius 1 is 1.37 bits per heavy atom. The van der Waals surface area contributed by atoms with Crippen LogP contribution in [0.5, 0.6) is 11.5 Å². The fourth-order valence-electron chi connectivity index (χ4n) is 1.94. The van der Waals surface area contributed by atoms with E-state index in [4.69, 9.17) is 9.47 Å². The van der Waals surface area contributed by atoms with Crippen molar-refractivity contribution in [2.24, 2.45) is 0 Å². The maximum atomic E-state index is 11.2. The first-order valence-electron chi connectivity index (χ1n) is 6.40. The summed E-state index contributed by atoms with van der Waals surface area (Å²) in [6.45, 7) is 3.68. The van der Waals surface area contributed by atoms with Gasteiger partial charge in [-0.05, 0) is 37.6 Å². The molecule has 104 valence electrons. The second-order valence-electron chi connectivity index (χ2n) is 4.43. The van der Waals surface area contributed by atoms with Crippen LogP contribution in [0.1, 0.15) is 12.5 Å². The van der Waals surface area contributed by atoms with Crippen LogP contribution in [-0.4, -0.2) is 38.9 Å². The van der Waals surface area contributed by atoms with Gasteiger partial charge in [-0.2, -0.15) is 0 Å². The topological polar surface area (TPSA) is 56.8 Å². The monoisotopic (exact) mass is 265 g/mol. The number of fused-ring (bicyclic) bond motifs is 1. The molecule has 1 aliphatic heterocycles. The van der Waals surface area contributed by atoms with Gasteiger partial charge in [-0.3, -0.25) is 4.79 Å². The van der Waals surface area contributed by atoms with Crippen LogP contribution in [0.3, 0.4) is 0 Å². The molecule has 1 aromatic carbocycles. The summed E-state index contributed by atoms with van der Waals surface area (Å²) in [5.74, 6) is 1.35. The van der Waals surface area contributed by atoms with Gasteiger partial charge < -0.3 is 19.5 Å². The zero-order valence-corrected chi connectivity index (χ0v) is 11.3. The predicted molar refractivity (Wildman–Crippen MR) is 70.6 cm³/mol. The molecular formula is C14H19NO4. The highest BCUT2D eigenvalue weighted by molar-refractivity contribution is 5.75. The van der Waals surface area contributed by atoms with Crippen molar-refractivity contribution in [1.29, 1.82) is 0 Å². The summed E-state index contributed by atoms with van der Waals surface area (Å²) in [4.78, 5) is 11.2. The largest absolute Gasteiger partial charge is 0.486 e. The van der Waals surface area contributed by atoms with Gasteiger partial charge >= 0.3 is 5.97 Å². The number of hydrogen-bond donors (Lipinski definition) is 1. The van der Waals surface area contributed by atoms with Crippen molar-refractivity contribution in [1.82, 2.24) is 5.32 Å². The number of carbonyl (C=O) groups is 1. The molecule has 19 heavy (non-hydrogen) atoms. The van der Waals surface area contributed by atoms with Crippen molar-refractivity contribution in [3.05, 3.63) is 23.8 Å². The van der Waals surface area contributed by atoms with Gasteiger partial charge in [0.2, 0.25) is 0 Å². The standard InChI is InChI=1S/C14H19NO4/c1-10(14(16)17-2)15-6-5-11-3-4-12-13(9-11)19-8-7-18-12/h3-4,9-10,15H,5-8H2,1-2H3. The van der Waals surface area contributed by atoms with Crippen LogP contribution in [0.4, 0.5) is 0 Å². The Bertz CT molecular complexity index is 447. The van der Waals surface area contributed by atoms with E-state index in [1.807, 2.05) is 18.2 Å². The van der Waals surface area contributed by atoms with E-state index < -0.39 is 0 Å². The molecule has 0 saturated carbocycles. The summed E-state index contributed by atoms with van der Waals surface area (Å²) in [5.41, 5.74) is 1.15. The van der Waals surface area contributed by atoms with E-state index in [-0.39, 0.29) is 12.0 Å². The minimum Gasteiger partial charge on any atom is -0.486 e. The van der Waals surface area contributed by atoms with E-state index in [1.165, 1.54) is 7.11 Å². The Labute approximate surface area is 112 Å². The lowest BCUT2D eigenvalue weighted by Crippen LogP contribution is -2.36. The van der Waals surface area contributed by atoms with Crippen molar-refractivity contribution >= 4 is 5.97 Å². The number of hydrogen-bond acceptors (Lipinski definition) is 5. The molecule has 0 radical (unpaired) electrons. The SMILES string of the molecule is COC(=O)C(C)NCCc1ccc2c(c1)OCCO2. The molecule has 0 spiro atoms. The maximum Gasteiger partial charge on any atom is 0.322 e. The predicted octanol–water partition coefficient (Wildman–Crippen LogP) is 1.15. The van der Waals surface area contributed by atoms with Crippen molar-refractivity contribution in [2.45, 2.75) is 19.4 Å². The summed E-state index contributed by atoms with van der Waals surface area (Å²) in [7, 11) is 1.39. The van der Waals surface area contributed by atoms with Gasteiger partial charge in [-0.15, -0.1) is 0 Å². The molecule has 0 aliphatic carbocycles. The number of rotatable bonds is 5. The number of esters is 1. The molecule has 2 rings (SSSR count). The van der Waals surface area contributed by atoms with Crippen LogP contribution < -0.4 is 14.8 Å². The van der Waals surface area contributed by atoms with Crippen LogP contribution in [0.2, 0.25) is 0 Å². The third-order valence-corrected chi connectivity index (χ3v) is 3.03. The Balaban J connectivity index is 1.85. The van der Waals surface area contributed by atoms with Gasteiger partial charge in [0.15, 0.2) is 11.5 Å². The second-order valence-corrected chi connectivity index (χ2v) is 4.43. The normalized spacial score (nSPS) is 14.8. The van der Waals surface area contributed by atoms with E-state index in [1.54, 1.807) is 6.92 Å². The molecule has 1 N–H and O–H groups in total. The van der Waals surface area contributed by atoms with Gasteiger partial charge in [0.05, 0.1) is 7.11 Å². The van der Waals surface area contributed by atoms with E-state index in [9.17, 15) is 4.79 Å². The molecule has 1 atom stereocenters. The van der Waals surface area contributed by atoms with Crippen LogP contribution in [-0.2, 0) is 16.0 Å². The highest BCUT2D eigenvalue weighted by atomic mass is 16.6. The third kappa shape index (κ3) is 3.61. The summed E-state index contributed by atoms with van der Waals surface area (Å²) in [6, 6.07) is 5.63. The lowest BCUT2D eigenvalue weighted by molar-refractivity contribution is -0.142. The molecule has 5 nitrogen and oxygen atoms in total. The average Bonchev–Trinajstić information content (AvgIpc) is 2.46. The Morgan fingerprint density at radius 2 is 2.11 bits per heavy atom. The molecule has 0 fully saturated rings. The third-order valence-electron chi connectivity index (χ3n) is 3.03. The highest BCUT2D eigenvalue weighted by Crippen LogP contribution is 2.30. The fraction of sp³-hybridized carbons (Fsp3) is 0.500. The molecule has 0 amide bonds. The smallest absolute Gasteiger partial charge is 0.322 e. The van der Waals surface area contributed by atoms with Crippen molar-refractivity contribution in [3.63, 3.8) is 0 Å². The molecular weight excluding hydrogens is 246 g/mol. The number of nitrogens with one attached hydrogen (secondary N) is 1. The van der Waals surface area contributed by atoms with Gasteiger partial charge in [-0.1, -0.05) is 6.07 Å². The molecule has 5 heteroatoms. The van der Waals surface area contributed by atoms with Crippen LogP contribution in [0.25, 0.3) is 0 Å². The Morgan fingerprint density at radius 3 is 2.84 bits per heavy atom. The molecule has 0 aromatic heterocycles. The number of methoxy groups -OCH3 is 1. The summed E-state index contributed by atoms with van der Waals surface area (Å²) in [6.07, 6.45) is 0.817. The quantitative estimate of drug-likeness (QED) is 0.809. The van der Waals surface area contributed by atoms with Crippen LogP contribution in [0.15, 0.2) is 18.2 Å². The van der Waals surface area contributed by atoms with E-state index >= 15 is 0 Å². The van der Waals surface area contributed by atoms with Crippen LogP contribution in [0, 0.1) is 0 Å². The minimum atomic E-state index is -0.290. The molecule has 0 bridgehead atoms. The summed E-state index contributed by atoms with van der Waals surface area (Å²) >= 11 is 0.